The van der Waals surface area contributed by atoms with Crippen LogP contribution in [0, 0.1) is 5.82 Å². The van der Waals surface area contributed by atoms with Crippen molar-refractivity contribution in [2.45, 2.75) is 13.0 Å². The Balaban J connectivity index is 1.72. The first-order valence-corrected chi connectivity index (χ1v) is 8.65. The molecule has 1 amide bonds. The lowest BCUT2D eigenvalue weighted by atomic mass is 9.95. The minimum Gasteiger partial charge on any atom is -0.497 e. The number of carbonyl (C=O) groups is 1. The van der Waals surface area contributed by atoms with Gasteiger partial charge in [-0.2, -0.15) is 10.1 Å². The Bertz CT molecular complexity index is 1060. The molecule has 3 aromatic rings. The van der Waals surface area contributed by atoms with E-state index in [1.54, 1.807) is 55.1 Å². The first kappa shape index (κ1) is 17.7. The highest BCUT2D eigenvalue weighted by Gasteiger charge is 2.33. The molecule has 28 heavy (non-hydrogen) atoms. The Hall–Kier alpha value is -3.68. The fraction of sp³-hybridized carbons (Fsp3) is 0.150. The van der Waals surface area contributed by atoms with Crippen molar-refractivity contribution < 1.29 is 13.9 Å². The molecule has 7 nitrogen and oxygen atoms in total. The number of anilines is 2. The number of hydrogen-bond acceptors (Lipinski definition) is 5. The van der Waals surface area contributed by atoms with Gasteiger partial charge < -0.3 is 15.4 Å². The Morgan fingerprint density at radius 1 is 1.25 bits per heavy atom. The predicted molar refractivity (Wildman–Crippen MR) is 103 cm³/mol. The van der Waals surface area contributed by atoms with E-state index in [4.69, 9.17) is 4.74 Å². The van der Waals surface area contributed by atoms with Gasteiger partial charge in [0.25, 0.3) is 5.91 Å². The molecule has 0 saturated carbocycles. The molecular weight excluding hydrogens is 361 g/mol. The minimum absolute atomic E-state index is 0.314. The fourth-order valence-electron chi connectivity index (χ4n) is 3.24. The third-order valence-electron chi connectivity index (χ3n) is 4.55. The summed E-state index contributed by atoms with van der Waals surface area (Å²) in [7, 11) is 1.58. The summed E-state index contributed by atoms with van der Waals surface area (Å²) < 4.78 is 20.6. The van der Waals surface area contributed by atoms with Crippen LogP contribution in [0.3, 0.4) is 0 Å². The molecule has 0 aliphatic carbocycles. The zero-order valence-corrected chi connectivity index (χ0v) is 15.3. The first-order chi connectivity index (χ1) is 13.6. The van der Waals surface area contributed by atoms with E-state index in [0.717, 1.165) is 0 Å². The molecule has 0 spiro atoms. The Morgan fingerprint density at radius 3 is 2.75 bits per heavy atom. The molecule has 142 valence electrons. The van der Waals surface area contributed by atoms with Gasteiger partial charge in [-0.05, 0) is 48.9 Å². The number of fused-ring (bicyclic) bond motifs is 1. The zero-order chi connectivity index (χ0) is 19.7. The third kappa shape index (κ3) is 3.20. The molecule has 2 aromatic carbocycles. The van der Waals surface area contributed by atoms with Crippen molar-refractivity contribution in [1.82, 2.24) is 14.8 Å². The summed E-state index contributed by atoms with van der Waals surface area (Å²) in [5.41, 5.74) is 2.28. The molecule has 1 atom stereocenters. The molecule has 0 bridgehead atoms. The van der Waals surface area contributed by atoms with Gasteiger partial charge in [-0.3, -0.25) is 4.79 Å². The van der Waals surface area contributed by atoms with E-state index in [2.05, 4.69) is 20.7 Å². The lowest BCUT2D eigenvalue weighted by Crippen LogP contribution is -2.31. The summed E-state index contributed by atoms with van der Waals surface area (Å²) in [5.74, 6) is 0.487. The number of amides is 1. The van der Waals surface area contributed by atoms with E-state index >= 15 is 0 Å². The van der Waals surface area contributed by atoms with Crippen molar-refractivity contribution in [3.05, 3.63) is 77.5 Å². The Morgan fingerprint density at radius 2 is 2.04 bits per heavy atom. The van der Waals surface area contributed by atoms with Crippen LogP contribution >= 0.6 is 0 Å². The fourth-order valence-corrected chi connectivity index (χ4v) is 3.24. The number of allylic oxidation sites excluding steroid dienone is 1. The summed E-state index contributed by atoms with van der Waals surface area (Å²) in [6, 6.07) is 12.5. The van der Waals surface area contributed by atoms with Crippen LogP contribution in [0.25, 0.3) is 0 Å². The normalized spacial score (nSPS) is 15.6. The van der Waals surface area contributed by atoms with Crippen molar-refractivity contribution in [2.75, 3.05) is 17.7 Å². The molecule has 0 fully saturated rings. The molecule has 1 aromatic heterocycles. The molecule has 2 N–H and O–H groups in total. The number of rotatable bonds is 4. The van der Waals surface area contributed by atoms with Crippen molar-refractivity contribution in [2.24, 2.45) is 0 Å². The number of halogens is 1. The van der Waals surface area contributed by atoms with Crippen molar-refractivity contribution >= 4 is 17.5 Å². The van der Waals surface area contributed by atoms with Crippen LogP contribution in [-0.4, -0.2) is 27.8 Å². The number of methoxy groups -OCH3 is 1. The summed E-state index contributed by atoms with van der Waals surface area (Å²) >= 11 is 0. The van der Waals surface area contributed by atoms with Gasteiger partial charge in [-0.15, -0.1) is 0 Å². The van der Waals surface area contributed by atoms with Crippen LogP contribution in [0.15, 0.2) is 66.1 Å². The largest absolute Gasteiger partial charge is 0.497 e. The number of ether oxygens (including phenoxy) is 1. The quantitative estimate of drug-likeness (QED) is 0.727. The molecular formula is C20H18FN5O2. The molecule has 0 radical (unpaired) electrons. The lowest BCUT2D eigenvalue weighted by molar-refractivity contribution is -0.113. The lowest BCUT2D eigenvalue weighted by Gasteiger charge is -2.28. The van der Waals surface area contributed by atoms with Gasteiger partial charge in [-0.1, -0.05) is 12.1 Å². The van der Waals surface area contributed by atoms with E-state index in [9.17, 15) is 9.18 Å². The van der Waals surface area contributed by atoms with E-state index in [-0.39, 0.29) is 11.7 Å². The summed E-state index contributed by atoms with van der Waals surface area (Å²) in [5, 5.41) is 10.2. The van der Waals surface area contributed by atoms with Crippen molar-refractivity contribution in [1.29, 1.82) is 0 Å². The average Bonchev–Trinajstić information content (AvgIpc) is 3.15. The topological polar surface area (TPSA) is 81.1 Å². The molecule has 2 heterocycles. The molecule has 1 unspecified atom stereocenters. The number of hydrogen-bond donors (Lipinski definition) is 2. The maximum Gasteiger partial charge on any atom is 0.255 e. The highest BCUT2D eigenvalue weighted by atomic mass is 19.1. The monoisotopic (exact) mass is 379 g/mol. The SMILES string of the molecule is COc1ccc(NC(=O)C2=C(C)Nc3ncnn3C2c2cccc(F)c2)cc1. The first-order valence-electron chi connectivity index (χ1n) is 8.65. The summed E-state index contributed by atoms with van der Waals surface area (Å²) in [4.78, 5) is 17.3. The highest BCUT2D eigenvalue weighted by molar-refractivity contribution is 6.06. The number of nitrogens with zero attached hydrogens (tertiary/aromatic N) is 3. The third-order valence-corrected chi connectivity index (χ3v) is 4.55. The van der Waals surface area contributed by atoms with Gasteiger partial charge in [-0.25, -0.2) is 9.07 Å². The van der Waals surface area contributed by atoms with E-state index in [0.29, 0.717) is 34.2 Å². The molecule has 1 aliphatic heterocycles. The Labute approximate surface area is 160 Å². The molecule has 4 rings (SSSR count). The number of carbonyl (C=O) groups excluding carboxylic acids is 1. The zero-order valence-electron chi connectivity index (χ0n) is 15.3. The van der Waals surface area contributed by atoms with Gasteiger partial charge in [0, 0.05) is 11.4 Å². The van der Waals surface area contributed by atoms with Crippen LogP contribution < -0.4 is 15.4 Å². The van der Waals surface area contributed by atoms with Gasteiger partial charge in [0.15, 0.2) is 0 Å². The molecule has 0 saturated heterocycles. The van der Waals surface area contributed by atoms with Crippen LogP contribution in [0.2, 0.25) is 0 Å². The summed E-state index contributed by atoms with van der Waals surface area (Å²) in [6.45, 7) is 1.79. The predicted octanol–water partition coefficient (Wildman–Crippen LogP) is 3.35. The highest BCUT2D eigenvalue weighted by Crippen LogP contribution is 2.35. The second-order valence-electron chi connectivity index (χ2n) is 6.33. The van der Waals surface area contributed by atoms with Crippen LogP contribution in [0.5, 0.6) is 5.75 Å². The standard InChI is InChI=1S/C20H18FN5O2/c1-12-17(19(27)25-15-6-8-16(28-2)9-7-15)18(13-4-3-5-14(21)10-13)26-20(24-12)22-11-23-26/h3-11,18H,1-2H3,(H,25,27)(H,22,23,24). The molecule has 8 heteroatoms. The van der Waals surface area contributed by atoms with Crippen LogP contribution in [0.4, 0.5) is 16.0 Å². The van der Waals surface area contributed by atoms with Crippen LogP contribution in [0.1, 0.15) is 18.5 Å². The van der Waals surface area contributed by atoms with Crippen LogP contribution in [-0.2, 0) is 4.79 Å². The smallest absolute Gasteiger partial charge is 0.255 e. The van der Waals surface area contributed by atoms with Gasteiger partial charge >= 0.3 is 0 Å². The van der Waals surface area contributed by atoms with E-state index in [1.807, 2.05) is 0 Å². The second-order valence-corrected chi connectivity index (χ2v) is 6.33. The number of aromatic nitrogens is 3. The minimum atomic E-state index is -0.604. The van der Waals surface area contributed by atoms with Gasteiger partial charge in [0.05, 0.1) is 12.7 Å². The van der Waals surface area contributed by atoms with Gasteiger partial charge in [0.1, 0.15) is 23.9 Å². The van der Waals surface area contributed by atoms with E-state index in [1.165, 1.54) is 18.5 Å². The van der Waals surface area contributed by atoms with Crippen molar-refractivity contribution in [3.63, 3.8) is 0 Å². The second kappa shape index (κ2) is 7.15. The summed E-state index contributed by atoms with van der Waals surface area (Å²) in [6.07, 6.45) is 1.40. The maximum atomic E-state index is 13.9. The van der Waals surface area contributed by atoms with E-state index < -0.39 is 6.04 Å². The Kier molecular flexibility index (Phi) is 4.52. The van der Waals surface area contributed by atoms with Gasteiger partial charge in [0.2, 0.25) is 5.95 Å². The number of nitrogens with one attached hydrogen (secondary N) is 2. The maximum absolute atomic E-state index is 13.9. The average molecular weight is 379 g/mol. The van der Waals surface area contributed by atoms with Crippen molar-refractivity contribution in [3.8, 4) is 5.75 Å². The molecule has 1 aliphatic rings. The number of benzene rings is 2.